The van der Waals surface area contributed by atoms with Gasteiger partial charge < -0.3 is 9.64 Å². The van der Waals surface area contributed by atoms with Crippen molar-refractivity contribution in [3.05, 3.63) is 64.6 Å². The van der Waals surface area contributed by atoms with Crippen LogP contribution in [0.5, 0.6) is 5.75 Å². The Morgan fingerprint density at radius 2 is 1.73 bits per heavy atom. The smallest absolute Gasteiger partial charge is 0.416 e. The maximum atomic E-state index is 12.6. The molecule has 2 aromatic carbocycles. The van der Waals surface area contributed by atoms with Crippen LogP contribution in [0, 0.1) is 0 Å². The van der Waals surface area contributed by atoms with Crippen LogP contribution in [-0.4, -0.2) is 30.8 Å². The van der Waals surface area contributed by atoms with Crippen LogP contribution in [0.1, 0.15) is 11.1 Å². The van der Waals surface area contributed by atoms with E-state index in [1.54, 1.807) is 7.11 Å². The molecule has 1 aliphatic rings. The molecule has 1 fully saturated rings. The van der Waals surface area contributed by atoms with E-state index in [4.69, 9.17) is 4.74 Å². The Morgan fingerprint density at radius 1 is 1.08 bits per heavy atom. The Kier molecular flexibility index (Phi) is 5.27. The molecule has 0 saturated carbocycles. The number of hydrogen-bond acceptors (Lipinski definition) is 3. The first-order valence-electron chi connectivity index (χ1n) is 7.85. The number of ether oxygens (including phenoxy) is 1. The highest BCUT2D eigenvalue weighted by Crippen LogP contribution is 2.34. The average molecular weight is 378 g/mol. The molecular formula is C19H17F3N2OS. The molecule has 0 amide bonds. The van der Waals surface area contributed by atoms with Crippen molar-refractivity contribution in [3.63, 3.8) is 0 Å². The lowest BCUT2D eigenvalue weighted by Gasteiger charge is -2.09. The molecule has 136 valence electrons. The number of benzene rings is 2. The molecule has 1 aliphatic heterocycles. The Bertz CT molecular complexity index is 827. The number of alkyl halides is 3. The average Bonchev–Trinajstić information content (AvgIpc) is 2.94. The highest BCUT2D eigenvalue weighted by Gasteiger charge is 2.30. The van der Waals surface area contributed by atoms with Crippen molar-refractivity contribution < 1.29 is 17.9 Å². The van der Waals surface area contributed by atoms with Gasteiger partial charge in [0.1, 0.15) is 5.75 Å². The van der Waals surface area contributed by atoms with Crippen molar-refractivity contribution in [2.24, 2.45) is 4.99 Å². The van der Waals surface area contributed by atoms with Crippen LogP contribution in [0.15, 0.2) is 58.4 Å². The zero-order valence-corrected chi connectivity index (χ0v) is 15.1. The molecule has 3 rings (SSSR count). The van der Waals surface area contributed by atoms with Crippen LogP contribution < -0.4 is 4.74 Å². The number of likely N-dealkylation sites (N-methyl/N-ethyl adjacent to an activating group) is 1. The van der Waals surface area contributed by atoms with Crippen LogP contribution in [0.4, 0.5) is 18.9 Å². The predicted octanol–water partition coefficient (Wildman–Crippen LogP) is 5.42. The van der Waals surface area contributed by atoms with Gasteiger partial charge in [0.05, 0.1) is 24.9 Å². The van der Waals surface area contributed by atoms with E-state index < -0.39 is 11.7 Å². The first-order chi connectivity index (χ1) is 12.3. The Balaban J connectivity index is 1.75. The fourth-order valence-corrected chi connectivity index (χ4v) is 3.49. The molecule has 1 heterocycles. The Labute approximate surface area is 154 Å². The summed E-state index contributed by atoms with van der Waals surface area (Å²) in [7, 11) is 3.53. The summed E-state index contributed by atoms with van der Waals surface area (Å²) in [4.78, 5) is 7.54. The fourth-order valence-electron chi connectivity index (χ4n) is 2.43. The minimum atomic E-state index is -4.33. The molecule has 0 N–H and O–H groups in total. The van der Waals surface area contributed by atoms with Gasteiger partial charge in [0, 0.05) is 12.0 Å². The van der Waals surface area contributed by atoms with Crippen molar-refractivity contribution in [1.82, 2.24) is 4.90 Å². The molecule has 1 saturated heterocycles. The van der Waals surface area contributed by atoms with Gasteiger partial charge in [-0.3, -0.25) is 0 Å². The fraction of sp³-hybridized carbons (Fsp3) is 0.211. The molecular weight excluding hydrogens is 361 g/mol. The van der Waals surface area contributed by atoms with E-state index in [0.717, 1.165) is 33.5 Å². The minimum absolute atomic E-state index is 0.498. The number of aliphatic imine (C=N–C) groups is 1. The quantitative estimate of drug-likeness (QED) is 0.713. The lowest BCUT2D eigenvalue weighted by atomic mass is 10.2. The van der Waals surface area contributed by atoms with Crippen LogP contribution in [0.25, 0.3) is 6.08 Å². The highest BCUT2D eigenvalue weighted by atomic mass is 32.2. The van der Waals surface area contributed by atoms with E-state index in [9.17, 15) is 13.2 Å². The van der Waals surface area contributed by atoms with Gasteiger partial charge in [0.2, 0.25) is 0 Å². The number of amidine groups is 1. The summed E-state index contributed by atoms with van der Waals surface area (Å²) in [6.45, 7) is 0.705. The van der Waals surface area contributed by atoms with Gasteiger partial charge >= 0.3 is 6.18 Å². The number of thioether (sulfide) groups is 1. The maximum absolute atomic E-state index is 12.6. The number of hydrogen-bond donors (Lipinski definition) is 0. The second-order valence-corrected chi connectivity index (χ2v) is 6.87. The molecule has 0 aromatic heterocycles. The molecule has 26 heavy (non-hydrogen) atoms. The van der Waals surface area contributed by atoms with Gasteiger partial charge in [-0.05, 0) is 48.0 Å². The van der Waals surface area contributed by atoms with Gasteiger partial charge in [0.25, 0.3) is 0 Å². The third-order valence-corrected chi connectivity index (χ3v) is 4.90. The van der Waals surface area contributed by atoms with Crippen molar-refractivity contribution in [3.8, 4) is 5.75 Å². The third kappa shape index (κ3) is 4.40. The summed E-state index contributed by atoms with van der Waals surface area (Å²) in [6.07, 6.45) is -2.27. The van der Waals surface area contributed by atoms with Crippen molar-refractivity contribution >= 4 is 28.7 Å². The molecule has 3 nitrogen and oxygen atoms in total. The van der Waals surface area contributed by atoms with Crippen molar-refractivity contribution in [2.75, 3.05) is 20.7 Å². The van der Waals surface area contributed by atoms with Gasteiger partial charge in [-0.25, -0.2) is 4.99 Å². The summed E-state index contributed by atoms with van der Waals surface area (Å²) in [5.41, 5.74) is 0.879. The summed E-state index contributed by atoms with van der Waals surface area (Å²) in [6, 6.07) is 12.6. The van der Waals surface area contributed by atoms with Crippen molar-refractivity contribution in [1.29, 1.82) is 0 Å². The standard InChI is InChI=1S/C19H17F3N2OS/c1-24-12-17(11-13-3-9-16(25-2)10-4-13)26-18(24)23-15-7-5-14(6-8-15)19(20,21)22/h3-11H,12H2,1-2H3/b17-11-,23-18?. The van der Waals surface area contributed by atoms with Gasteiger partial charge in [-0.15, -0.1) is 0 Å². The summed E-state index contributed by atoms with van der Waals surface area (Å²) >= 11 is 1.51. The largest absolute Gasteiger partial charge is 0.497 e. The summed E-state index contributed by atoms with van der Waals surface area (Å²) in [5, 5.41) is 0.754. The van der Waals surface area contributed by atoms with Crippen LogP contribution in [0.2, 0.25) is 0 Å². The number of nitrogens with zero attached hydrogens (tertiary/aromatic N) is 2. The van der Waals surface area contributed by atoms with Gasteiger partial charge in [0.15, 0.2) is 5.17 Å². The van der Waals surface area contributed by atoms with E-state index in [2.05, 4.69) is 11.1 Å². The first kappa shape index (κ1) is 18.4. The van der Waals surface area contributed by atoms with E-state index in [1.165, 1.54) is 23.9 Å². The zero-order chi connectivity index (χ0) is 18.7. The molecule has 0 unspecified atom stereocenters. The summed E-state index contributed by atoms with van der Waals surface area (Å²) < 4.78 is 43.0. The van der Waals surface area contributed by atoms with E-state index >= 15 is 0 Å². The normalized spacial score (nSPS) is 18.0. The molecule has 0 radical (unpaired) electrons. The second kappa shape index (κ2) is 7.45. The number of rotatable bonds is 3. The molecule has 0 atom stereocenters. The molecule has 7 heteroatoms. The number of methoxy groups -OCH3 is 1. The molecule has 0 bridgehead atoms. The van der Waals surface area contributed by atoms with E-state index in [1.807, 2.05) is 36.2 Å². The lowest BCUT2D eigenvalue weighted by molar-refractivity contribution is -0.137. The lowest BCUT2D eigenvalue weighted by Crippen LogP contribution is -2.17. The third-order valence-electron chi connectivity index (χ3n) is 3.80. The van der Waals surface area contributed by atoms with Crippen LogP contribution in [-0.2, 0) is 6.18 Å². The zero-order valence-electron chi connectivity index (χ0n) is 14.2. The highest BCUT2D eigenvalue weighted by molar-refractivity contribution is 8.17. The van der Waals surface area contributed by atoms with E-state index in [-0.39, 0.29) is 0 Å². The van der Waals surface area contributed by atoms with Gasteiger partial charge in [-0.2, -0.15) is 13.2 Å². The van der Waals surface area contributed by atoms with Crippen molar-refractivity contribution in [2.45, 2.75) is 6.18 Å². The number of halogens is 3. The monoisotopic (exact) mass is 378 g/mol. The first-order valence-corrected chi connectivity index (χ1v) is 8.66. The molecule has 0 aliphatic carbocycles. The Hall–Kier alpha value is -2.41. The van der Waals surface area contributed by atoms with E-state index in [0.29, 0.717) is 12.2 Å². The van der Waals surface area contributed by atoms with Crippen LogP contribution in [0.3, 0.4) is 0 Å². The summed E-state index contributed by atoms with van der Waals surface area (Å²) in [5.74, 6) is 0.799. The molecule has 0 spiro atoms. The minimum Gasteiger partial charge on any atom is -0.497 e. The Morgan fingerprint density at radius 3 is 2.31 bits per heavy atom. The predicted molar refractivity (Wildman–Crippen MR) is 99.7 cm³/mol. The maximum Gasteiger partial charge on any atom is 0.416 e. The topological polar surface area (TPSA) is 24.8 Å². The molecule has 2 aromatic rings. The second-order valence-electron chi connectivity index (χ2n) is 5.78. The SMILES string of the molecule is COc1ccc(/C=C2/CN(C)C(=Nc3ccc(C(F)(F)F)cc3)S2)cc1. The van der Waals surface area contributed by atoms with Crippen LogP contribution >= 0.6 is 11.8 Å². The van der Waals surface area contributed by atoms with Gasteiger partial charge in [-0.1, -0.05) is 23.9 Å².